The predicted molar refractivity (Wildman–Crippen MR) is 181 cm³/mol. The van der Waals surface area contributed by atoms with Crippen molar-refractivity contribution in [3.8, 4) is 22.3 Å². The second kappa shape index (κ2) is 12.1. The van der Waals surface area contributed by atoms with Gasteiger partial charge in [0.25, 0.3) is 0 Å². The number of allylic oxidation sites excluding steroid dienone is 4. The summed E-state index contributed by atoms with van der Waals surface area (Å²) in [4.78, 5) is 14.2. The summed E-state index contributed by atoms with van der Waals surface area (Å²) in [7, 11) is -3.77. The van der Waals surface area contributed by atoms with E-state index in [1.807, 2.05) is 98.8 Å². The molecule has 6 rings (SSSR count). The highest BCUT2D eigenvalue weighted by molar-refractivity contribution is 7.91. The van der Waals surface area contributed by atoms with Gasteiger partial charge in [-0.1, -0.05) is 116 Å². The summed E-state index contributed by atoms with van der Waals surface area (Å²) in [6, 6.07) is 35.1. The number of carbonyl (C=O) groups is 1. The van der Waals surface area contributed by atoms with Crippen LogP contribution in [0.2, 0.25) is 0 Å². The minimum Gasteiger partial charge on any atom is -0.384 e. The standard InChI is InChI=1S/C40H32O4S/c1-4-13-26(2)35(39(41)30-16-7-5-14-27(30)3)24-28-15-6-8-17-31(28)33-19-10-9-18-32(33)29-22-23-38-36(25-29)40(42)34-20-11-12-21-37(34)45(38,43)44/h4-25,40,42H,1H2,2-3H3/b26-13-,35-24+. The summed E-state index contributed by atoms with van der Waals surface area (Å²) in [5, 5.41) is 11.3. The van der Waals surface area contributed by atoms with Crippen molar-refractivity contribution in [1.82, 2.24) is 0 Å². The van der Waals surface area contributed by atoms with Crippen molar-refractivity contribution in [2.75, 3.05) is 0 Å². The van der Waals surface area contributed by atoms with Gasteiger partial charge in [0.05, 0.1) is 9.79 Å². The van der Waals surface area contributed by atoms with Gasteiger partial charge in [-0.05, 0) is 77.1 Å². The van der Waals surface area contributed by atoms with Gasteiger partial charge in [-0.15, -0.1) is 0 Å². The van der Waals surface area contributed by atoms with Crippen molar-refractivity contribution in [3.63, 3.8) is 0 Å². The van der Waals surface area contributed by atoms with Crippen LogP contribution in [-0.2, 0) is 9.84 Å². The van der Waals surface area contributed by atoms with Crippen molar-refractivity contribution >= 4 is 21.7 Å². The molecule has 1 heterocycles. The highest BCUT2D eigenvalue weighted by atomic mass is 32.2. The van der Waals surface area contributed by atoms with Crippen molar-refractivity contribution < 1.29 is 18.3 Å². The predicted octanol–water partition coefficient (Wildman–Crippen LogP) is 8.96. The molecule has 1 N–H and O–H groups in total. The van der Waals surface area contributed by atoms with Crippen LogP contribution >= 0.6 is 0 Å². The summed E-state index contributed by atoms with van der Waals surface area (Å²) in [5.74, 6) is -0.0723. The highest BCUT2D eigenvalue weighted by Crippen LogP contribution is 2.43. The second-order valence-corrected chi connectivity index (χ2v) is 13.0. The van der Waals surface area contributed by atoms with Crippen LogP contribution in [0.1, 0.15) is 45.6 Å². The number of Topliss-reactive ketones (excluding diaryl/α,β-unsaturated/α-hetero) is 1. The number of hydrogen-bond acceptors (Lipinski definition) is 4. The number of carbonyl (C=O) groups excluding carboxylic acids is 1. The lowest BCUT2D eigenvalue weighted by molar-refractivity contribution is 0.103. The molecule has 5 heteroatoms. The van der Waals surface area contributed by atoms with Crippen LogP contribution in [0.5, 0.6) is 0 Å². The average molecular weight is 609 g/mol. The Kier molecular flexibility index (Phi) is 8.07. The third-order valence-corrected chi connectivity index (χ3v) is 10.2. The Morgan fingerprint density at radius 3 is 2.13 bits per heavy atom. The molecule has 5 aromatic rings. The van der Waals surface area contributed by atoms with E-state index < -0.39 is 15.9 Å². The number of hydrogen-bond donors (Lipinski definition) is 1. The second-order valence-electron chi connectivity index (χ2n) is 11.1. The van der Waals surface area contributed by atoms with Gasteiger partial charge in [0.15, 0.2) is 5.78 Å². The molecule has 1 atom stereocenters. The van der Waals surface area contributed by atoms with E-state index in [0.717, 1.165) is 39.0 Å². The largest absolute Gasteiger partial charge is 0.384 e. The zero-order valence-corrected chi connectivity index (χ0v) is 25.9. The van der Waals surface area contributed by atoms with Crippen LogP contribution in [0, 0.1) is 6.92 Å². The van der Waals surface area contributed by atoms with Gasteiger partial charge in [0, 0.05) is 22.3 Å². The molecule has 222 valence electrons. The Balaban J connectivity index is 1.50. The van der Waals surface area contributed by atoms with Crippen molar-refractivity contribution in [2.24, 2.45) is 0 Å². The molecule has 0 aliphatic carbocycles. The zero-order chi connectivity index (χ0) is 31.7. The smallest absolute Gasteiger partial charge is 0.207 e. The Labute approximate surface area is 264 Å². The normalized spacial score (nSPS) is 15.6. The molecule has 45 heavy (non-hydrogen) atoms. The Hall–Kier alpha value is -5.10. The van der Waals surface area contributed by atoms with Crippen molar-refractivity contribution in [1.29, 1.82) is 0 Å². The molecule has 4 nitrogen and oxygen atoms in total. The van der Waals surface area contributed by atoms with Crippen LogP contribution < -0.4 is 0 Å². The number of fused-ring (bicyclic) bond motifs is 2. The minimum atomic E-state index is -3.77. The van der Waals surface area contributed by atoms with Gasteiger partial charge in [-0.2, -0.15) is 0 Å². The molecule has 0 aromatic heterocycles. The Bertz CT molecular complexity index is 2150. The summed E-state index contributed by atoms with van der Waals surface area (Å²) in [6.45, 7) is 7.68. The summed E-state index contributed by atoms with van der Waals surface area (Å²) in [6.07, 6.45) is 4.37. The first-order valence-corrected chi connectivity index (χ1v) is 16.2. The van der Waals surface area contributed by atoms with E-state index in [1.165, 1.54) is 6.07 Å². The molecular formula is C40H32O4S. The third kappa shape index (κ3) is 5.42. The maximum atomic E-state index is 13.9. The van der Waals surface area contributed by atoms with Crippen LogP contribution in [0.3, 0.4) is 0 Å². The van der Waals surface area contributed by atoms with Crippen LogP contribution in [0.15, 0.2) is 155 Å². The van der Waals surface area contributed by atoms with E-state index in [0.29, 0.717) is 22.3 Å². The summed E-state index contributed by atoms with van der Waals surface area (Å²) < 4.78 is 26.9. The number of aliphatic hydroxyl groups excluding tert-OH is 1. The van der Waals surface area contributed by atoms with E-state index in [2.05, 4.69) is 6.58 Å². The average Bonchev–Trinajstić information content (AvgIpc) is 3.06. The lowest BCUT2D eigenvalue weighted by Gasteiger charge is -2.25. The number of rotatable bonds is 7. The molecule has 0 saturated carbocycles. The SMILES string of the molecule is C=C/C=C(C)\C(=C/c1ccccc1-c1ccccc1-c1ccc2c(c1)C(O)c1ccccc1S2(=O)=O)C(=O)c1ccccc1C. The van der Waals surface area contributed by atoms with Crippen molar-refractivity contribution in [3.05, 3.63) is 173 Å². The van der Waals surface area contributed by atoms with Gasteiger partial charge in [0.2, 0.25) is 9.84 Å². The van der Waals surface area contributed by atoms with Crippen molar-refractivity contribution in [2.45, 2.75) is 29.7 Å². The topological polar surface area (TPSA) is 71.4 Å². The summed E-state index contributed by atoms with van der Waals surface area (Å²) in [5.41, 5.74) is 7.95. The lowest BCUT2D eigenvalue weighted by Crippen LogP contribution is -2.18. The number of aliphatic hydroxyl groups is 1. The molecule has 1 unspecified atom stereocenters. The highest BCUT2D eigenvalue weighted by Gasteiger charge is 2.34. The van der Waals surface area contributed by atoms with E-state index in [4.69, 9.17) is 0 Å². The molecule has 0 spiro atoms. The molecule has 5 aromatic carbocycles. The first-order chi connectivity index (χ1) is 21.7. The van der Waals surface area contributed by atoms with Gasteiger partial charge < -0.3 is 5.11 Å². The molecule has 0 amide bonds. The first-order valence-electron chi connectivity index (χ1n) is 14.7. The zero-order valence-electron chi connectivity index (χ0n) is 25.1. The maximum Gasteiger partial charge on any atom is 0.207 e. The molecule has 1 aliphatic heterocycles. The number of benzene rings is 5. The van der Waals surface area contributed by atoms with E-state index in [9.17, 15) is 18.3 Å². The Morgan fingerprint density at radius 1 is 0.756 bits per heavy atom. The molecular weight excluding hydrogens is 577 g/mol. The van der Waals surface area contributed by atoms with E-state index in [-0.39, 0.29) is 15.6 Å². The number of ketones is 1. The van der Waals surface area contributed by atoms with E-state index >= 15 is 0 Å². The molecule has 0 bridgehead atoms. The maximum absolute atomic E-state index is 13.9. The summed E-state index contributed by atoms with van der Waals surface area (Å²) >= 11 is 0. The van der Waals surface area contributed by atoms with Crippen LogP contribution in [-0.4, -0.2) is 19.3 Å². The quantitative estimate of drug-likeness (QED) is 0.114. The van der Waals surface area contributed by atoms with Crippen LogP contribution in [0.25, 0.3) is 28.3 Å². The number of sulfone groups is 1. The lowest BCUT2D eigenvalue weighted by atomic mass is 9.88. The molecule has 0 fully saturated rings. The van der Waals surface area contributed by atoms with Gasteiger partial charge >= 0.3 is 0 Å². The third-order valence-electron chi connectivity index (χ3n) is 8.31. The molecule has 0 radical (unpaired) electrons. The van der Waals surface area contributed by atoms with Gasteiger partial charge in [0.1, 0.15) is 6.10 Å². The van der Waals surface area contributed by atoms with Gasteiger partial charge in [-0.3, -0.25) is 4.79 Å². The fourth-order valence-corrected chi connectivity index (χ4v) is 7.72. The van der Waals surface area contributed by atoms with E-state index in [1.54, 1.807) is 42.5 Å². The fraction of sp³-hybridized carbons (Fsp3) is 0.0750. The number of aryl methyl sites for hydroxylation is 1. The molecule has 0 saturated heterocycles. The Morgan fingerprint density at radius 2 is 1.38 bits per heavy atom. The molecule has 1 aliphatic rings. The first kappa shape index (κ1) is 29.9. The monoisotopic (exact) mass is 608 g/mol. The fourth-order valence-electron chi connectivity index (χ4n) is 6.00. The van der Waals surface area contributed by atoms with Crippen LogP contribution in [0.4, 0.5) is 0 Å². The minimum absolute atomic E-state index is 0.0723. The van der Waals surface area contributed by atoms with Gasteiger partial charge in [-0.25, -0.2) is 8.42 Å².